The Morgan fingerprint density at radius 1 is 1.09 bits per heavy atom. The first kappa shape index (κ1) is 21.0. The van der Waals surface area contributed by atoms with Crippen LogP contribution in [0.4, 0.5) is 0 Å². The van der Waals surface area contributed by atoms with Crippen molar-refractivity contribution < 1.29 is 29.3 Å². The Labute approximate surface area is 133 Å². The number of ether oxygens (including phenoxy) is 1. The molecule has 0 spiro atoms. The fraction of sp³-hybridized carbons (Fsp3) is 0.812. The summed E-state index contributed by atoms with van der Waals surface area (Å²) >= 11 is 0. The number of aliphatic hydroxyl groups excluding tert-OH is 2. The van der Waals surface area contributed by atoms with Gasteiger partial charge in [-0.2, -0.15) is 0 Å². The number of hydrogen-bond donors (Lipinski definition) is 3. The van der Waals surface area contributed by atoms with Gasteiger partial charge in [0.15, 0.2) is 6.73 Å². The highest BCUT2D eigenvalue weighted by molar-refractivity contribution is 5.66. The highest BCUT2D eigenvalue weighted by atomic mass is 16.5. The number of carboxylic acid groups (broad SMARTS) is 1. The number of hydrogen-bond acceptors (Lipinski definition) is 4. The lowest BCUT2D eigenvalue weighted by Gasteiger charge is -2.36. The predicted octanol–water partition coefficient (Wildman–Crippen LogP) is 1.37. The number of aliphatic hydroxyl groups is 2. The van der Waals surface area contributed by atoms with Crippen LogP contribution in [0.2, 0.25) is 0 Å². The van der Waals surface area contributed by atoms with E-state index in [-0.39, 0.29) is 24.1 Å². The van der Waals surface area contributed by atoms with E-state index < -0.39 is 5.97 Å². The van der Waals surface area contributed by atoms with E-state index in [2.05, 4.69) is 13.0 Å². The van der Waals surface area contributed by atoms with Crippen molar-refractivity contribution in [2.45, 2.75) is 39.0 Å². The van der Waals surface area contributed by atoms with Crippen LogP contribution < -0.4 is 0 Å². The molecule has 22 heavy (non-hydrogen) atoms. The van der Waals surface area contributed by atoms with E-state index in [4.69, 9.17) is 9.84 Å². The first-order valence-corrected chi connectivity index (χ1v) is 8.11. The normalized spacial score (nSPS) is 12.1. The Morgan fingerprint density at radius 2 is 1.77 bits per heavy atom. The summed E-state index contributed by atoms with van der Waals surface area (Å²) in [7, 11) is 0. The molecule has 130 valence electrons. The van der Waals surface area contributed by atoms with Gasteiger partial charge in [-0.05, 0) is 12.8 Å². The third-order valence-corrected chi connectivity index (χ3v) is 3.67. The second-order valence-electron chi connectivity index (χ2n) is 5.57. The molecular weight excluding hydrogens is 286 g/mol. The average molecular weight is 318 g/mol. The molecule has 0 amide bonds. The Balaban J connectivity index is 4.23. The topological polar surface area (TPSA) is 87.0 Å². The van der Waals surface area contributed by atoms with E-state index in [0.717, 1.165) is 6.42 Å². The second-order valence-corrected chi connectivity index (χ2v) is 5.57. The molecule has 0 aromatic rings. The van der Waals surface area contributed by atoms with Crippen LogP contribution in [0.15, 0.2) is 12.2 Å². The van der Waals surface area contributed by atoms with Crippen LogP contribution in [-0.2, 0) is 9.53 Å². The molecule has 6 nitrogen and oxygen atoms in total. The third-order valence-electron chi connectivity index (χ3n) is 3.67. The molecule has 0 bridgehead atoms. The van der Waals surface area contributed by atoms with Crippen molar-refractivity contribution >= 4 is 5.97 Å². The fourth-order valence-corrected chi connectivity index (χ4v) is 2.30. The van der Waals surface area contributed by atoms with Gasteiger partial charge < -0.3 is 20.1 Å². The summed E-state index contributed by atoms with van der Waals surface area (Å²) in [6.45, 7) is 3.93. The van der Waals surface area contributed by atoms with Gasteiger partial charge >= 0.3 is 5.97 Å². The minimum Gasteiger partial charge on any atom is -0.481 e. The van der Waals surface area contributed by atoms with Gasteiger partial charge in [0, 0.05) is 0 Å². The summed E-state index contributed by atoms with van der Waals surface area (Å²) in [4.78, 5) is 10.8. The third kappa shape index (κ3) is 10.7. The minimum atomic E-state index is -0.880. The number of allylic oxidation sites excluding steroid dienone is 1. The number of nitrogens with zero attached hydrogens (tertiary/aromatic N) is 1. The lowest BCUT2D eigenvalue weighted by atomic mass is 10.2. The van der Waals surface area contributed by atoms with Gasteiger partial charge in [0.05, 0.1) is 32.8 Å². The van der Waals surface area contributed by atoms with Gasteiger partial charge in [0.2, 0.25) is 0 Å². The average Bonchev–Trinajstić information content (AvgIpc) is 2.48. The highest BCUT2D eigenvalue weighted by Gasteiger charge is 2.27. The minimum absolute atomic E-state index is 0.00375. The summed E-state index contributed by atoms with van der Waals surface area (Å²) in [6, 6.07) is 0. The predicted molar refractivity (Wildman–Crippen MR) is 85.4 cm³/mol. The van der Waals surface area contributed by atoms with Crippen LogP contribution in [0.25, 0.3) is 0 Å². The Bertz CT molecular complexity index is 301. The largest absolute Gasteiger partial charge is 0.481 e. The van der Waals surface area contributed by atoms with Gasteiger partial charge in [-0.15, -0.1) is 0 Å². The van der Waals surface area contributed by atoms with Crippen LogP contribution in [0, 0.1) is 0 Å². The van der Waals surface area contributed by atoms with Crippen LogP contribution in [0.5, 0.6) is 0 Å². The molecule has 0 saturated heterocycles. The van der Waals surface area contributed by atoms with Crippen molar-refractivity contribution in [1.82, 2.24) is 0 Å². The number of quaternary nitrogens is 1. The Hall–Kier alpha value is -0.950. The molecule has 0 aliphatic rings. The molecule has 0 aromatic carbocycles. The molecule has 3 N–H and O–H groups in total. The van der Waals surface area contributed by atoms with Crippen molar-refractivity contribution in [3.63, 3.8) is 0 Å². The maximum atomic E-state index is 10.8. The quantitative estimate of drug-likeness (QED) is 0.184. The lowest BCUT2D eigenvalue weighted by Crippen LogP contribution is -2.54. The number of carboxylic acids is 1. The summed E-state index contributed by atoms with van der Waals surface area (Å²) in [5.41, 5.74) is 0. The van der Waals surface area contributed by atoms with Gasteiger partial charge in [-0.25, -0.2) is 0 Å². The standard InChI is InChI=1S/C16H31NO5/c1-2-3-4-5-6-7-14-22-15-17(10-12-18,11-13-19)9-8-16(20)21/h6-7,18-19H,2-5,8-15H2,1H3/p+1/b7-6+. The van der Waals surface area contributed by atoms with Crippen molar-refractivity contribution in [3.05, 3.63) is 12.2 Å². The Morgan fingerprint density at radius 3 is 2.32 bits per heavy atom. The number of carbonyl (C=O) groups is 1. The molecule has 0 aliphatic heterocycles. The highest BCUT2D eigenvalue weighted by Crippen LogP contribution is 2.09. The molecule has 0 aliphatic carbocycles. The molecule has 0 saturated carbocycles. The van der Waals surface area contributed by atoms with Crippen LogP contribution in [0.1, 0.15) is 39.0 Å². The van der Waals surface area contributed by atoms with Crippen LogP contribution in [-0.4, -0.2) is 72.0 Å². The number of rotatable bonds is 15. The molecule has 0 atom stereocenters. The first-order chi connectivity index (χ1) is 10.6. The molecule has 6 heteroatoms. The van der Waals surface area contributed by atoms with Crippen LogP contribution >= 0.6 is 0 Å². The van der Waals surface area contributed by atoms with Crippen molar-refractivity contribution in [2.75, 3.05) is 46.2 Å². The Kier molecular flexibility index (Phi) is 13.1. The number of unbranched alkanes of at least 4 members (excludes halogenated alkanes) is 3. The zero-order chi connectivity index (χ0) is 16.7. The SMILES string of the molecule is CCCCC/C=C/COC[N+](CCO)(CCO)CCC(=O)O. The van der Waals surface area contributed by atoms with E-state index in [1.807, 2.05) is 6.08 Å². The maximum absolute atomic E-state index is 10.8. The van der Waals surface area contributed by atoms with Gasteiger partial charge in [0.25, 0.3) is 0 Å². The first-order valence-electron chi connectivity index (χ1n) is 8.11. The summed E-state index contributed by atoms with van der Waals surface area (Å²) in [5, 5.41) is 27.2. The van der Waals surface area contributed by atoms with E-state index >= 15 is 0 Å². The van der Waals surface area contributed by atoms with E-state index in [1.54, 1.807) is 0 Å². The zero-order valence-corrected chi connectivity index (χ0v) is 13.7. The molecule has 0 heterocycles. The van der Waals surface area contributed by atoms with E-state index in [1.165, 1.54) is 19.3 Å². The number of aliphatic carboxylic acids is 1. The van der Waals surface area contributed by atoms with E-state index in [9.17, 15) is 15.0 Å². The monoisotopic (exact) mass is 318 g/mol. The smallest absolute Gasteiger partial charge is 0.309 e. The molecule has 0 unspecified atom stereocenters. The molecule has 0 rings (SSSR count). The summed E-state index contributed by atoms with van der Waals surface area (Å²) < 4.78 is 5.88. The second kappa shape index (κ2) is 13.7. The van der Waals surface area contributed by atoms with Crippen LogP contribution in [0.3, 0.4) is 0 Å². The van der Waals surface area contributed by atoms with Gasteiger partial charge in [-0.3, -0.25) is 9.28 Å². The zero-order valence-electron chi connectivity index (χ0n) is 13.7. The van der Waals surface area contributed by atoms with Crippen molar-refractivity contribution in [1.29, 1.82) is 0 Å². The van der Waals surface area contributed by atoms with E-state index in [0.29, 0.717) is 33.0 Å². The molecule has 0 fully saturated rings. The molecule has 0 aromatic heterocycles. The summed E-state index contributed by atoms with van der Waals surface area (Å²) in [5.74, 6) is -0.880. The van der Waals surface area contributed by atoms with Gasteiger partial charge in [-0.1, -0.05) is 31.9 Å². The lowest BCUT2D eigenvalue weighted by molar-refractivity contribution is -0.945. The molecule has 0 radical (unpaired) electrons. The van der Waals surface area contributed by atoms with Crippen molar-refractivity contribution in [3.8, 4) is 0 Å². The fourth-order valence-electron chi connectivity index (χ4n) is 2.30. The maximum Gasteiger partial charge on any atom is 0.309 e. The van der Waals surface area contributed by atoms with Crippen molar-refractivity contribution in [2.24, 2.45) is 0 Å². The summed E-state index contributed by atoms with van der Waals surface area (Å²) in [6.07, 6.45) is 8.73. The molecular formula is C16H32NO5+. The van der Waals surface area contributed by atoms with Gasteiger partial charge in [0.1, 0.15) is 13.1 Å².